The second-order valence-electron chi connectivity index (χ2n) is 27.5. The summed E-state index contributed by atoms with van der Waals surface area (Å²) in [6.07, 6.45) is -42.9. The van der Waals surface area contributed by atoms with Crippen molar-refractivity contribution in [2.45, 2.75) is 294 Å². The van der Waals surface area contributed by atoms with E-state index in [4.69, 9.17) is 139 Å². The lowest BCUT2D eigenvalue weighted by molar-refractivity contribution is -0.386. The zero-order valence-electron chi connectivity index (χ0n) is 64.6. The third-order valence-electron chi connectivity index (χ3n) is 17.0. The largest absolute Gasteiger partial charge is 0.463 e. The molecular formula is C71H97Cl3N2O36. The van der Waals surface area contributed by atoms with Gasteiger partial charge in [-0.25, -0.2) is 4.79 Å². The number of halogens is 3. The molecule has 628 valence electrons. The number of esters is 12. The zero-order chi connectivity index (χ0) is 83.5. The van der Waals surface area contributed by atoms with Gasteiger partial charge < -0.3 is 115 Å². The lowest BCUT2D eigenvalue weighted by Crippen LogP contribution is -2.72. The Labute approximate surface area is 659 Å². The first-order chi connectivity index (χ1) is 52.4. The van der Waals surface area contributed by atoms with Gasteiger partial charge in [0.25, 0.3) is 9.70 Å². The molecule has 0 radical (unpaired) electrons. The van der Waals surface area contributed by atoms with Crippen molar-refractivity contribution < 1.29 is 171 Å². The molecule has 6 rings (SSSR count). The van der Waals surface area contributed by atoms with Gasteiger partial charge in [-0.1, -0.05) is 72.8 Å². The average Bonchev–Trinajstić information content (AvgIpc) is 0.754. The molecule has 2 N–H and O–H groups in total. The molecule has 1 aromatic carbocycles. The lowest BCUT2D eigenvalue weighted by Gasteiger charge is -2.52. The lowest BCUT2D eigenvalue weighted by atomic mass is 9.93. The molecule has 0 bridgehead atoms. The molecule has 38 nitrogen and oxygen atoms in total. The summed E-state index contributed by atoms with van der Waals surface area (Å²) in [5, 5.41) is 5.16. The third kappa shape index (κ3) is 27.0. The number of benzene rings is 1. The Bertz CT molecular complexity index is 3470. The first-order valence-corrected chi connectivity index (χ1v) is 36.8. The minimum atomic E-state index is -2.99. The van der Waals surface area contributed by atoms with Gasteiger partial charge in [0, 0.05) is 82.8 Å². The minimum absolute atomic E-state index is 0.00807. The van der Waals surface area contributed by atoms with Gasteiger partial charge in [0.05, 0.1) is 23.2 Å². The molecule has 1 aromatic rings. The zero-order valence-corrected chi connectivity index (χ0v) is 66.9. The predicted octanol–water partition coefficient (Wildman–Crippen LogP) is 3.15. The Kier molecular flexibility index (Phi) is 35.0. The SMILES string of the molecule is CCCCCO[C@@H]1O[C@H](COC(=O)c2ccccc2)[C@@H](O[C@@H]2O[C@H](COC(=O)C(C)(C)C)[C@H](OC(C)=O)[C@H](O[C@@H]3O[C@H](COC(C)=O)[C@@H](OC(C)=O)[C@H](O[C@@H]4O[C@@H](C)[C@@H](OC(C)=O)[C@@H](OC(C)=O)[C@@H]4OC(C)=O)[C@H]3NC(=O)C(Cl)(Cl)Cl)[C@H]2OC(C)=O)[C@H](O[C@@H]2O[C@@H](C)[C@@H](OC(C)=O)[C@@H](OC(C)=O)[C@@H]2OC(C)=O)[C@H]1NC(C)=O. The normalized spacial score (nSPS) is 31.9. The number of rotatable bonds is 31. The number of carbonyl (C=O) groups excluding carboxylic acids is 14. The van der Waals surface area contributed by atoms with Crippen molar-refractivity contribution in [2.24, 2.45) is 5.41 Å². The van der Waals surface area contributed by atoms with Crippen LogP contribution in [-0.4, -0.2) is 267 Å². The molecule has 5 aliphatic heterocycles. The highest BCUT2D eigenvalue weighted by Crippen LogP contribution is 2.42. The molecule has 2 amide bonds. The second kappa shape index (κ2) is 42.1. The summed E-state index contributed by atoms with van der Waals surface area (Å²) in [7, 11) is 0. The van der Waals surface area contributed by atoms with E-state index in [-0.39, 0.29) is 12.2 Å². The van der Waals surface area contributed by atoms with Crippen LogP contribution in [0.2, 0.25) is 0 Å². The number of alkyl halides is 3. The van der Waals surface area contributed by atoms with Crippen LogP contribution in [0.3, 0.4) is 0 Å². The monoisotopic (exact) mass is 1660 g/mol. The van der Waals surface area contributed by atoms with E-state index < -0.39 is 266 Å². The van der Waals surface area contributed by atoms with E-state index >= 15 is 0 Å². The number of amides is 2. The summed E-state index contributed by atoms with van der Waals surface area (Å²) in [6.45, 7) is 16.8. The summed E-state index contributed by atoms with van der Waals surface area (Å²) in [5.41, 5.74) is -1.30. The van der Waals surface area contributed by atoms with Crippen molar-refractivity contribution >= 4 is 118 Å². The fourth-order valence-electron chi connectivity index (χ4n) is 12.6. The van der Waals surface area contributed by atoms with Crippen LogP contribution in [0.4, 0.5) is 0 Å². The maximum atomic E-state index is 14.5. The highest BCUT2D eigenvalue weighted by atomic mass is 35.6. The summed E-state index contributed by atoms with van der Waals surface area (Å²) in [4.78, 5) is 189. The third-order valence-corrected chi connectivity index (χ3v) is 17.5. The Morgan fingerprint density at radius 3 is 1.18 bits per heavy atom. The molecule has 0 spiro atoms. The molecule has 5 aliphatic rings. The second-order valence-corrected chi connectivity index (χ2v) is 29.8. The predicted molar refractivity (Wildman–Crippen MR) is 373 cm³/mol. The number of nitrogens with one attached hydrogen (secondary N) is 2. The van der Waals surface area contributed by atoms with Gasteiger partial charge >= 0.3 is 71.6 Å². The molecule has 0 aliphatic carbocycles. The molecule has 5 fully saturated rings. The van der Waals surface area contributed by atoms with Crippen LogP contribution < -0.4 is 10.6 Å². The number of hydrogen-bond donors (Lipinski definition) is 2. The summed E-state index contributed by atoms with van der Waals surface area (Å²) in [5.74, 6) is -14.7. The van der Waals surface area contributed by atoms with Crippen LogP contribution in [0.5, 0.6) is 0 Å². The van der Waals surface area contributed by atoms with Crippen molar-refractivity contribution in [3.63, 3.8) is 0 Å². The topological polar surface area (TPSA) is 466 Å². The number of unbranched alkanes of at least 4 members (excludes halogenated alkanes) is 2. The van der Waals surface area contributed by atoms with Crippen molar-refractivity contribution in [2.75, 3.05) is 26.4 Å². The van der Waals surface area contributed by atoms with E-state index in [1.807, 2.05) is 6.92 Å². The average molecular weight is 1660 g/mol. The van der Waals surface area contributed by atoms with Crippen LogP contribution in [0.15, 0.2) is 30.3 Å². The molecule has 0 saturated carbocycles. The highest BCUT2D eigenvalue weighted by Gasteiger charge is 2.63. The Hall–Kier alpha value is -7.73. The molecule has 112 heavy (non-hydrogen) atoms. The van der Waals surface area contributed by atoms with Crippen LogP contribution in [0.1, 0.15) is 147 Å². The van der Waals surface area contributed by atoms with E-state index in [0.717, 1.165) is 76.2 Å². The summed E-state index contributed by atoms with van der Waals surface area (Å²) >= 11 is 18.9. The first kappa shape index (κ1) is 93.1. The van der Waals surface area contributed by atoms with Crippen LogP contribution in [0.25, 0.3) is 0 Å². The quantitative estimate of drug-likeness (QED) is 0.0466. The van der Waals surface area contributed by atoms with Crippen LogP contribution >= 0.6 is 34.8 Å². The first-order valence-electron chi connectivity index (χ1n) is 35.6. The highest BCUT2D eigenvalue weighted by molar-refractivity contribution is 6.76. The molecule has 5 saturated heterocycles. The van der Waals surface area contributed by atoms with Gasteiger partial charge in [-0.2, -0.15) is 0 Å². The van der Waals surface area contributed by atoms with Crippen LogP contribution in [-0.2, 0) is 167 Å². The van der Waals surface area contributed by atoms with Gasteiger partial charge in [-0.05, 0) is 53.2 Å². The van der Waals surface area contributed by atoms with Gasteiger partial charge in [0.15, 0.2) is 86.4 Å². The van der Waals surface area contributed by atoms with Crippen molar-refractivity contribution in [1.29, 1.82) is 0 Å². The Morgan fingerprint density at radius 1 is 0.384 bits per heavy atom. The van der Waals surface area contributed by atoms with E-state index in [1.165, 1.54) is 58.9 Å². The smallest absolute Gasteiger partial charge is 0.338 e. The Balaban J connectivity index is 1.71. The fraction of sp³-hybridized carbons (Fsp3) is 0.718. The molecule has 5 heterocycles. The fourth-order valence-corrected chi connectivity index (χ4v) is 12.7. The molecule has 0 aromatic heterocycles. The minimum Gasteiger partial charge on any atom is -0.463 e. The van der Waals surface area contributed by atoms with E-state index in [0.29, 0.717) is 19.3 Å². The van der Waals surface area contributed by atoms with Crippen molar-refractivity contribution in [3.8, 4) is 0 Å². The van der Waals surface area contributed by atoms with Gasteiger partial charge in [-0.15, -0.1) is 0 Å². The van der Waals surface area contributed by atoms with Gasteiger partial charge in [0.2, 0.25) is 5.91 Å². The van der Waals surface area contributed by atoms with Gasteiger partial charge in [-0.3, -0.25) is 62.3 Å². The maximum absolute atomic E-state index is 14.5. The van der Waals surface area contributed by atoms with Crippen LogP contribution in [0, 0.1) is 5.41 Å². The van der Waals surface area contributed by atoms with E-state index in [9.17, 15) is 67.1 Å². The molecular weight excluding hydrogens is 1560 g/mol. The summed E-state index contributed by atoms with van der Waals surface area (Å²) in [6, 6.07) is 3.59. The van der Waals surface area contributed by atoms with Gasteiger partial charge in [0.1, 0.15) is 74.6 Å². The maximum Gasteiger partial charge on any atom is 0.338 e. The molecule has 0 unspecified atom stereocenters. The van der Waals surface area contributed by atoms with E-state index in [1.54, 1.807) is 6.07 Å². The Morgan fingerprint density at radius 2 is 0.741 bits per heavy atom. The molecule has 25 atom stereocenters. The summed E-state index contributed by atoms with van der Waals surface area (Å²) < 4.78 is 133. The van der Waals surface area contributed by atoms with E-state index in [2.05, 4.69) is 10.6 Å². The number of carbonyl (C=O) groups is 14. The molecule has 41 heteroatoms. The standard InChI is InChI=1S/C71H97Cl3N2O36/c1-18-19-23-26-91-63-47(75-32(4)77)54(110-65-59(103-40(12)85)56(101-38(10)83)49(30(2)95-65)97-34(6)79)52(45(106-63)28-93-62(88)43-24-21-20-22-25-43)109-67-61(105-42(14)87)58(53(100-37(9)82)46(108-67)29-94-69(90)70(15,16)17)112-64-48(76-68(89)71(72,73)74)55(51(99-36(8)81)44(107-64)27-92-33(5)78)111-66-60(104-41(13)86)57(102-39(11)84)50(31(3)96-66)98-35(7)80/h20-22,24-25,30-31,44-61,63-67H,18-19,23,26-29H2,1-17H3,(H,75,77)(H,76,89)/t30-,31-,44+,45+,46+,47+,48+,49+,50+,51+,52+,53-,54+,55+,56+,57+,58-,59-,60-,61+,63+,64-,65-,66-,67-/m0/s1. The van der Waals surface area contributed by atoms with Crippen molar-refractivity contribution in [1.82, 2.24) is 10.6 Å². The number of ether oxygens (including phenoxy) is 22. The van der Waals surface area contributed by atoms with Crippen molar-refractivity contribution in [3.05, 3.63) is 35.9 Å². The number of hydrogen-bond acceptors (Lipinski definition) is 36.